The van der Waals surface area contributed by atoms with Gasteiger partial charge in [-0.25, -0.2) is 14.8 Å². The molecule has 5 heteroatoms. The number of nitrogens with zero attached hydrogens (tertiary/aromatic N) is 3. The molecule has 0 aromatic carbocycles. The van der Waals surface area contributed by atoms with Gasteiger partial charge < -0.3 is 5.11 Å². The molecule has 0 spiro atoms. The molecule has 0 atom stereocenters. The number of carboxylic acids is 1. The Morgan fingerprint density at radius 3 is 2.80 bits per heavy atom. The van der Waals surface area contributed by atoms with Crippen LogP contribution in [0.15, 0.2) is 42.9 Å². The molecule has 20 heavy (non-hydrogen) atoms. The molecule has 3 aromatic rings. The zero-order chi connectivity index (χ0) is 14.1. The number of rotatable bonds is 2. The van der Waals surface area contributed by atoms with Crippen molar-refractivity contribution in [1.82, 2.24) is 15.0 Å². The number of hydrogen-bond donors (Lipinski definition) is 1. The van der Waals surface area contributed by atoms with Crippen LogP contribution in [0.2, 0.25) is 0 Å². The van der Waals surface area contributed by atoms with Crippen molar-refractivity contribution in [1.29, 1.82) is 0 Å². The van der Waals surface area contributed by atoms with Gasteiger partial charge in [-0.15, -0.1) is 0 Å². The molecule has 0 unspecified atom stereocenters. The van der Waals surface area contributed by atoms with E-state index < -0.39 is 5.97 Å². The molecule has 0 fully saturated rings. The van der Waals surface area contributed by atoms with Crippen LogP contribution in [0.25, 0.3) is 22.2 Å². The Kier molecular flexibility index (Phi) is 2.87. The average molecular weight is 265 g/mol. The molecule has 98 valence electrons. The Morgan fingerprint density at radius 2 is 2.05 bits per heavy atom. The zero-order valence-electron chi connectivity index (χ0n) is 10.7. The molecule has 0 saturated carbocycles. The summed E-state index contributed by atoms with van der Waals surface area (Å²) in [5.74, 6) is -1.07. The summed E-state index contributed by atoms with van der Waals surface area (Å²) in [5, 5.41) is 9.99. The third kappa shape index (κ3) is 1.99. The van der Waals surface area contributed by atoms with Gasteiger partial charge in [0.2, 0.25) is 0 Å². The quantitative estimate of drug-likeness (QED) is 0.771. The number of pyridine rings is 3. The summed E-state index contributed by atoms with van der Waals surface area (Å²) < 4.78 is 0. The molecule has 1 N–H and O–H groups in total. The Bertz CT molecular complexity index is 815. The first-order valence-electron chi connectivity index (χ1n) is 6.07. The molecule has 3 rings (SSSR count). The number of fused-ring (bicyclic) bond motifs is 1. The molecule has 0 aliphatic carbocycles. The summed E-state index contributed by atoms with van der Waals surface area (Å²) in [6, 6.07) is 7.14. The van der Waals surface area contributed by atoms with Gasteiger partial charge in [0.15, 0.2) is 11.3 Å². The van der Waals surface area contributed by atoms with Crippen molar-refractivity contribution < 1.29 is 9.90 Å². The average Bonchev–Trinajstić information content (AvgIpc) is 2.46. The summed E-state index contributed by atoms with van der Waals surface area (Å²) in [6.07, 6.45) is 5.03. The van der Waals surface area contributed by atoms with Crippen LogP contribution in [0.4, 0.5) is 0 Å². The number of aromatic carboxylic acids is 1. The van der Waals surface area contributed by atoms with Crippen LogP contribution in [0.1, 0.15) is 16.1 Å². The highest BCUT2D eigenvalue weighted by Crippen LogP contribution is 2.29. The molecule has 0 amide bonds. The monoisotopic (exact) mass is 265 g/mol. The molecule has 0 aliphatic rings. The fourth-order valence-electron chi connectivity index (χ4n) is 2.14. The maximum Gasteiger partial charge on any atom is 0.354 e. The molecule has 0 aliphatic heterocycles. The first-order chi connectivity index (χ1) is 9.66. The van der Waals surface area contributed by atoms with Gasteiger partial charge in [-0.3, -0.25) is 4.98 Å². The number of aryl methyl sites for hydroxylation is 1. The van der Waals surface area contributed by atoms with E-state index in [0.717, 1.165) is 22.1 Å². The van der Waals surface area contributed by atoms with Crippen molar-refractivity contribution in [2.24, 2.45) is 0 Å². The predicted octanol–water partition coefficient (Wildman–Crippen LogP) is 2.70. The second kappa shape index (κ2) is 4.70. The third-order valence-corrected chi connectivity index (χ3v) is 3.13. The van der Waals surface area contributed by atoms with Gasteiger partial charge in [-0.1, -0.05) is 0 Å². The topological polar surface area (TPSA) is 76.0 Å². The first-order valence-corrected chi connectivity index (χ1v) is 6.07. The van der Waals surface area contributed by atoms with Gasteiger partial charge in [0.1, 0.15) is 0 Å². The Morgan fingerprint density at radius 1 is 1.20 bits per heavy atom. The van der Waals surface area contributed by atoms with Crippen LogP contribution in [0, 0.1) is 6.92 Å². The minimum Gasteiger partial charge on any atom is -0.477 e. The van der Waals surface area contributed by atoms with Gasteiger partial charge in [-0.05, 0) is 42.3 Å². The molecule has 0 radical (unpaired) electrons. The van der Waals surface area contributed by atoms with Crippen molar-refractivity contribution in [3.05, 3.63) is 54.1 Å². The molecule has 3 heterocycles. The highest BCUT2D eigenvalue weighted by atomic mass is 16.4. The number of hydrogen-bond acceptors (Lipinski definition) is 4. The second-order valence-electron chi connectivity index (χ2n) is 4.43. The standard InChI is InChI=1S/C15H11N3O2/c1-9-4-6-16-8-12(9)11-7-13(15(19)20)18-14-10(11)3-2-5-17-14/h2-8H,1H3,(H,19,20). The lowest BCUT2D eigenvalue weighted by molar-refractivity contribution is 0.0691. The number of carbonyl (C=O) groups is 1. The SMILES string of the molecule is Cc1ccncc1-c1cc(C(=O)O)nc2ncccc12. The Hall–Kier alpha value is -2.82. The van der Waals surface area contributed by atoms with Gasteiger partial charge in [0.25, 0.3) is 0 Å². The maximum atomic E-state index is 11.2. The highest BCUT2D eigenvalue weighted by Gasteiger charge is 2.14. The lowest BCUT2D eigenvalue weighted by Gasteiger charge is -2.09. The highest BCUT2D eigenvalue weighted by molar-refractivity contribution is 5.98. The summed E-state index contributed by atoms with van der Waals surface area (Å²) in [4.78, 5) is 23.5. The van der Waals surface area contributed by atoms with Crippen LogP contribution in [0.3, 0.4) is 0 Å². The van der Waals surface area contributed by atoms with Crippen molar-refractivity contribution >= 4 is 17.0 Å². The summed E-state index contributed by atoms with van der Waals surface area (Å²) in [6.45, 7) is 1.96. The van der Waals surface area contributed by atoms with Crippen molar-refractivity contribution in [2.45, 2.75) is 6.92 Å². The smallest absolute Gasteiger partial charge is 0.354 e. The van der Waals surface area contributed by atoms with Crippen LogP contribution in [-0.2, 0) is 0 Å². The number of carboxylic acid groups (broad SMARTS) is 1. The van der Waals surface area contributed by atoms with E-state index in [9.17, 15) is 9.90 Å². The van der Waals surface area contributed by atoms with E-state index >= 15 is 0 Å². The maximum absolute atomic E-state index is 11.2. The van der Waals surface area contributed by atoms with E-state index in [-0.39, 0.29) is 5.69 Å². The van der Waals surface area contributed by atoms with Crippen LogP contribution >= 0.6 is 0 Å². The number of aromatic nitrogens is 3. The molecule has 5 nitrogen and oxygen atoms in total. The third-order valence-electron chi connectivity index (χ3n) is 3.13. The lowest BCUT2D eigenvalue weighted by atomic mass is 9.99. The minimum absolute atomic E-state index is 0.0190. The van der Waals surface area contributed by atoms with Crippen molar-refractivity contribution in [2.75, 3.05) is 0 Å². The van der Waals surface area contributed by atoms with Gasteiger partial charge in [0, 0.05) is 29.5 Å². The Balaban J connectivity index is 2.39. The van der Waals surface area contributed by atoms with E-state index in [1.165, 1.54) is 0 Å². The Labute approximate surface area is 115 Å². The van der Waals surface area contributed by atoms with Gasteiger partial charge in [0.05, 0.1) is 0 Å². The van der Waals surface area contributed by atoms with E-state index in [0.29, 0.717) is 5.65 Å². The lowest BCUT2D eigenvalue weighted by Crippen LogP contribution is -2.02. The van der Waals surface area contributed by atoms with Gasteiger partial charge >= 0.3 is 5.97 Å². The van der Waals surface area contributed by atoms with Crippen LogP contribution < -0.4 is 0 Å². The van der Waals surface area contributed by atoms with E-state index in [4.69, 9.17) is 0 Å². The largest absolute Gasteiger partial charge is 0.477 e. The van der Waals surface area contributed by atoms with Gasteiger partial charge in [-0.2, -0.15) is 0 Å². The normalized spacial score (nSPS) is 10.7. The molecule has 3 aromatic heterocycles. The summed E-state index contributed by atoms with van der Waals surface area (Å²) in [7, 11) is 0. The summed E-state index contributed by atoms with van der Waals surface area (Å²) in [5.41, 5.74) is 3.09. The van der Waals surface area contributed by atoms with Crippen molar-refractivity contribution in [3.63, 3.8) is 0 Å². The van der Waals surface area contributed by atoms with E-state index in [2.05, 4.69) is 15.0 Å². The second-order valence-corrected chi connectivity index (χ2v) is 4.43. The molecular formula is C15H11N3O2. The molecule has 0 saturated heterocycles. The molecule has 0 bridgehead atoms. The van der Waals surface area contributed by atoms with E-state index in [1.54, 1.807) is 30.7 Å². The van der Waals surface area contributed by atoms with E-state index in [1.807, 2.05) is 19.1 Å². The summed E-state index contributed by atoms with van der Waals surface area (Å²) >= 11 is 0. The zero-order valence-corrected chi connectivity index (χ0v) is 10.7. The van der Waals surface area contributed by atoms with Crippen LogP contribution in [-0.4, -0.2) is 26.0 Å². The molecular weight excluding hydrogens is 254 g/mol. The minimum atomic E-state index is -1.07. The predicted molar refractivity (Wildman–Crippen MR) is 74.5 cm³/mol. The first kappa shape index (κ1) is 12.2. The fraction of sp³-hybridized carbons (Fsp3) is 0.0667. The van der Waals surface area contributed by atoms with Crippen molar-refractivity contribution in [3.8, 4) is 11.1 Å². The van der Waals surface area contributed by atoms with Crippen LogP contribution in [0.5, 0.6) is 0 Å². The fourth-order valence-corrected chi connectivity index (χ4v) is 2.14.